The van der Waals surface area contributed by atoms with Crippen molar-refractivity contribution in [3.8, 4) is 0 Å². The molecule has 62 valence electrons. The highest BCUT2D eigenvalue weighted by Gasteiger charge is 2.00. The lowest BCUT2D eigenvalue weighted by molar-refractivity contribution is 1.55. The van der Waals surface area contributed by atoms with E-state index in [2.05, 4.69) is 12.1 Å². The van der Waals surface area contributed by atoms with Crippen LogP contribution in [-0.2, 0) is 0 Å². The summed E-state index contributed by atoms with van der Waals surface area (Å²) in [5.74, 6) is 0. The molecule has 1 N–H and O–H groups in total. The molecule has 0 amide bonds. The van der Waals surface area contributed by atoms with Crippen molar-refractivity contribution >= 4 is 21.8 Å². The van der Waals surface area contributed by atoms with E-state index in [1.54, 1.807) is 0 Å². The van der Waals surface area contributed by atoms with E-state index < -0.39 is 0 Å². The Labute approximate surface area is 77.5 Å². The molecular weight excluding hydrogens is 158 g/mol. The van der Waals surface area contributed by atoms with Gasteiger partial charge in [0, 0.05) is 21.8 Å². The molecule has 0 aliphatic rings. The molecule has 0 aliphatic carbocycles. The molecule has 0 radical (unpaired) electrons. The Morgan fingerprint density at radius 2 is 1.23 bits per heavy atom. The Hall–Kier alpha value is -1.76. The van der Waals surface area contributed by atoms with Gasteiger partial charge in [-0.2, -0.15) is 0 Å². The molecular formula is C12H9N. The SMILES string of the molecule is [3H]n1c2ccccc2c2ccccc21. The number of H-pyrrole nitrogens is 1. The lowest BCUT2D eigenvalue weighted by atomic mass is 10.2. The van der Waals surface area contributed by atoms with E-state index in [0.29, 0.717) is 0 Å². The summed E-state index contributed by atoms with van der Waals surface area (Å²) in [6, 6.07) is 16.0. The number of aromatic amines is 1. The maximum atomic E-state index is 7.93. The number of fused-ring (bicyclic) bond motifs is 3. The van der Waals surface area contributed by atoms with Crippen molar-refractivity contribution in [2.75, 3.05) is 0 Å². The third-order valence-electron chi connectivity index (χ3n) is 2.34. The highest BCUT2D eigenvalue weighted by Crippen LogP contribution is 2.24. The van der Waals surface area contributed by atoms with Crippen LogP contribution in [0.2, 0.25) is 1.41 Å². The Kier molecular flexibility index (Phi) is 1.06. The zero-order chi connectivity index (χ0) is 9.54. The van der Waals surface area contributed by atoms with Crippen LogP contribution >= 0.6 is 0 Å². The van der Waals surface area contributed by atoms with Crippen LogP contribution in [0.4, 0.5) is 0 Å². The average molecular weight is 169 g/mol. The molecule has 3 aromatic rings. The van der Waals surface area contributed by atoms with Crippen molar-refractivity contribution in [3.05, 3.63) is 48.5 Å². The number of benzene rings is 2. The highest BCUT2D eigenvalue weighted by molar-refractivity contribution is 6.06. The molecule has 2 aromatic carbocycles. The molecule has 0 atom stereocenters. The third kappa shape index (κ3) is 0.872. The topological polar surface area (TPSA) is 15.8 Å². The molecule has 1 aromatic heterocycles. The fraction of sp³-hybridized carbons (Fsp3) is 0. The second-order valence-corrected chi connectivity index (χ2v) is 3.15. The minimum absolute atomic E-state index is 0.966. The summed E-state index contributed by atoms with van der Waals surface area (Å²) >= 11 is 0. The van der Waals surface area contributed by atoms with Gasteiger partial charge in [0.05, 0.1) is 0 Å². The van der Waals surface area contributed by atoms with Crippen LogP contribution in [0.25, 0.3) is 21.8 Å². The molecule has 1 nitrogen and oxygen atoms in total. The van der Waals surface area contributed by atoms with Crippen molar-refractivity contribution in [2.24, 2.45) is 0 Å². The number of para-hydroxylation sites is 2. The number of hydrogen-bond donors (Lipinski definition) is 1. The molecule has 0 aliphatic heterocycles. The summed E-state index contributed by atoms with van der Waals surface area (Å²) < 4.78 is 7.93. The van der Waals surface area contributed by atoms with E-state index in [1.807, 2.05) is 36.4 Å². The van der Waals surface area contributed by atoms with E-state index >= 15 is 0 Å². The minimum atomic E-state index is 0.966. The number of rotatable bonds is 0. The first-order valence-electron chi connectivity index (χ1n) is 4.80. The number of aromatic nitrogens is 1. The molecule has 0 spiro atoms. The first-order valence-corrected chi connectivity index (χ1v) is 4.35. The molecule has 1 heteroatoms. The van der Waals surface area contributed by atoms with Crippen LogP contribution in [-0.4, -0.2) is 4.98 Å². The van der Waals surface area contributed by atoms with Gasteiger partial charge in [-0.05, 0) is 12.1 Å². The summed E-state index contributed by atoms with van der Waals surface area (Å²) in [4.78, 5) is 1.49. The molecule has 0 saturated heterocycles. The van der Waals surface area contributed by atoms with E-state index in [9.17, 15) is 0 Å². The van der Waals surface area contributed by atoms with Gasteiger partial charge in [0.15, 0.2) is 1.41 Å². The predicted molar refractivity (Wildman–Crippen MR) is 55.8 cm³/mol. The molecule has 0 unspecified atom stereocenters. The van der Waals surface area contributed by atoms with E-state index in [0.717, 1.165) is 21.8 Å². The second kappa shape index (κ2) is 2.36. The van der Waals surface area contributed by atoms with Crippen LogP contribution in [0.3, 0.4) is 0 Å². The summed E-state index contributed by atoms with van der Waals surface area (Å²) in [5, 5.41) is 2.30. The van der Waals surface area contributed by atoms with Gasteiger partial charge in [-0.3, -0.25) is 0 Å². The molecule has 0 bridgehead atoms. The lowest BCUT2D eigenvalue weighted by Crippen LogP contribution is -1.62. The van der Waals surface area contributed by atoms with Gasteiger partial charge < -0.3 is 4.98 Å². The Bertz CT molecular complexity index is 557. The van der Waals surface area contributed by atoms with E-state index in [1.165, 1.54) is 4.98 Å². The van der Waals surface area contributed by atoms with Gasteiger partial charge in [-0.1, -0.05) is 36.4 Å². The van der Waals surface area contributed by atoms with Crippen molar-refractivity contribution < 1.29 is 1.41 Å². The molecule has 3 rings (SSSR count). The van der Waals surface area contributed by atoms with Crippen LogP contribution in [0.5, 0.6) is 0 Å². The molecule has 13 heavy (non-hydrogen) atoms. The zero-order valence-electron chi connectivity index (χ0n) is 8.07. The maximum absolute atomic E-state index is 7.93. The first kappa shape index (κ1) is 5.81. The fourth-order valence-electron chi connectivity index (χ4n) is 1.73. The van der Waals surface area contributed by atoms with Crippen molar-refractivity contribution in [3.63, 3.8) is 0 Å². The fourth-order valence-corrected chi connectivity index (χ4v) is 1.73. The van der Waals surface area contributed by atoms with E-state index in [4.69, 9.17) is 1.41 Å². The Balaban J connectivity index is 2.69. The quantitative estimate of drug-likeness (QED) is 0.531. The third-order valence-corrected chi connectivity index (χ3v) is 2.34. The van der Waals surface area contributed by atoms with Gasteiger partial charge >= 0.3 is 0 Å². The summed E-state index contributed by atoms with van der Waals surface area (Å²) in [5.41, 5.74) is 1.93. The van der Waals surface area contributed by atoms with Gasteiger partial charge in [0.1, 0.15) is 0 Å². The van der Waals surface area contributed by atoms with Gasteiger partial charge in [0.25, 0.3) is 0 Å². The van der Waals surface area contributed by atoms with Crippen molar-refractivity contribution in [1.29, 1.82) is 0 Å². The normalized spacial score (nSPS) is 12.2. The van der Waals surface area contributed by atoms with Crippen LogP contribution in [0.1, 0.15) is 0 Å². The summed E-state index contributed by atoms with van der Waals surface area (Å²) in [6.45, 7) is 0. The number of nitrogens with one attached hydrogen (secondary N) is 1. The van der Waals surface area contributed by atoms with Crippen molar-refractivity contribution in [1.82, 2.24) is 4.98 Å². The monoisotopic (exact) mass is 169 g/mol. The average Bonchev–Trinajstić information content (AvgIpc) is 2.55. The highest BCUT2D eigenvalue weighted by atomic mass is 14.7. The first-order chi connectivity index (χ1) is 6.88. The minimum Gasteiger partial charge on any atom is -0.355 e. The van der Waals surface area contributed by atoms with Crippen LogP contribution in [0.15, 0.2) is 48.5 Å². The van der Waals surface area contributed by atoms with Gasteiger partial charge in [-0.25, -0.2) is 0 Å². The smallest absolute Gasteiger partial charge is 0.167 e. The van der Waals surface area contributed by atoms with Crippen molar-refractivity contribution in [2.45, 2.75) is 0 Å². The molecule has 0 saturated carbocycles. The standard InChI is InChI=1S/C12H9N/c1-3-7-11-9(5-1)10-6-2-4-8-12(10)13-11/h1-8,13H/i/hT. The summed E-state index contributed by atoms with van der Waals surface area (Å²) in [6.07, 6.45) is 0. The summed E-state index contributed by atoms with van der Waals surface area (Å²) in [7, 11) is 0. The van der Waals surface area contributed by atoms with Gasteiger partial charge in [0.2, 0.25) is 0 Å². The molecule has 0 fully saturated rings. The van der Waals surface area contributed by atoms with E-state index in [-0.39, 0.29) is 0 Å². The largest absolute Gasteiger partial charge is 0.355 e. The lowest BCUT2D eigenvalue weighted by Gasteiger charge is -1.87. The van der Waals surface area contributed by atoms with Crippen LogP contribution < -0.4 is 0 Å². The second-order valence-electron chi connectivity index (χ2n) is 3.15. The molecule has 1 heterocycles. The Morgan fingerprint density at radius 3 is 1.77 bits per heavy atom. The number of hydrogen-bond acceptors (Lipinski definition) is 0. The predicted octanol–water partition coefficient (Wildman–Crippen LogP) is 3.32. The zero-order valence-corrected chi connectivity index (χ0v) is 7.07. The van der Waals surface area contributed by atoms with Gasteiger partial charge in [-0.15, -0.1) is 0 Å². The van der Waals surface area contributed by atoms with Crippen LogP contribution in [0, 0.1) is 0 Å². The maximum Gasteiger partial charge on any atom is 0.167 e. The Morgan fingerprint density at radius 1 is 0.769 bits per heavy atom.